The third kappa shape index (κ3) is 3.26. The minimum absolute atomic E-state index is 0.0365. The molecule has 0 radical (unpaired) electrons. The zero-order valence-corrected chi connectivity index (χ0v) is 12.9. The molecule has 1 saturated carbocycles. The molecule has 0 aromatic heterocycles. The summed E-state index contributed by atoms with van der Waals surface area (Å²) in [5.41, 5.74) is 7.63. The monoisotopic (exact) mass is 277 g/mol. The van der Waals surface area contributed by atoms with Crippen molar-refractivity contribution in [3.63, 3.8) is 0 Å². The Hall–Kier alpha value is -1.22. The first-order valence-corrected chi connectivity index (χ1v) is 7.67. The molecule has 3 nitrogen and oxygen atoms in total. The molecule has 3 heteroatoms. The normalized spacial score (nSPS) is 24.2. The van der Waals surface area contributed by atoms with Crippen LogP contribution in [0.5, 0.6) is 11.5 Å². The van der Waals surface area contributed by atoms with Crippen LogP contribution in [-0.4, -0.2) is 14.2 Å². The number of hydrogen-bond acceptors (Lipinski definition) is 3. The lowest BCUT2D eigenvalue weighted by Gasteiger charge is -2.33. The van der Waals surface area contributed by atoms with E-state index in [1.54, 1.807) is 14.2 Å². The third-order valence-corrected chi connectivity index (χ3v) is 4.70. The van der Waals surface area contributed by atoms with E-state index in [0.717, 1.165) is 23.0 Å². The summed E-state index contributed by atoms with van der Waals surface area (Å²) in [4.78, 5) is 0. The van der Waals surface area contributed by atoms with Crippen molar-refractivity contribution in [2.24, 2.45) is 17.6 Å². The van der Waals surface area contributed by atoms with Gasteiger partial charge in [-0.2, -0.15) is 0 Å². The fourth-order valence-electron chi connectivity index (χ4n) is 3.38. The van der Waals surface area contributed by atoms with Gasteiger partial charge >= 0.3 is 0 Å². The second-order valence-corrected chi connectivity index (χ2v) is 5.83. The van der Waals surface area contributed by atoms with E-state index in [1.165, 1.54) is 32.1 Å². The smallest absolute Gasteiger partial charge is 0.123 e. The van der Waals surface area contributed by atoms with Crippen molar-refractivity contribution in [3.8, 4) is 11.5 Å². The quantitative estimate of drug-likeness (QED) is 0.887. The van der Waals surface area contributed by atoms with Gasteiger partial charge in [0.15, 0.2) is 0 Å². The SMILES string of the molecule is CCC1CCCC(C(N)c2cc(OC)ccc2OC)C1. The van der Waals surface area contributed by atoms with Gasteiger partial charge in [-0.3, -0.25) is 0 Å². The van der Waals surface area contributed by atoms with Crippen molar-refractivity contribution in [1.29, 1.82) is 0 Å². The number of methoxy groups -OCH3 is 2. The van der Waals surface area contributed by atoms with Crippen molar-refractivity contribution < 1.29 is 9.47 Å². The summed E-state index contributed by atoms with van der Waals surface area (Å²) in [6.07, 6.45) is 6.37. The number of rotatable bonds is 5. The van der Waals surface area contributed by atoms with Gasteiger partial charge in [0.1, 0.15) is 11.5 Å². The summed E-state index contributed by atoms with van der Waals surface area (Å²) in [5.74, 6) is 3.10. The Labute approximate surface area is 122 Å². The first-order valence-electron chi connectivity index (χ1n) is 7.67. The Morgan fingerprint density at radius 2 is 2.05 bits per heavy atom. The van der Waals surface area contributed by atoms with E-state index in [1.807, 2.05) is 18.2 Å². The second kappa shape index (κ2) is 6.98. The zero-order chi connectivity index (χ0) is 14.5. The van der Waals surface area contributed by atoms with Crippen LogP contribution in [0.2, 0.25) is 0 Å². The molecule has 2 rings (SSSR count). The molecule has 1 fully saturated rings. The summed E-state index contributed by atoms with van der Waals surface area (Å²) < 4.78 is 10.8. The number of benzene rings is 1. The van der Waals surface area contributed by atoms with Crippen LogP contribution in [0, 0.1) is 11.8 Å². The molecule has 0 amide bonds. The molecule has 1 aromatic rings. The molecular weight excluding hydrogens is 250 g/mol. The fraction of sp³-hybridized carbons (Fsp3) is 0.647. The van der Waals surface area contributed by atoms with Crippen LogP contribution >= 0.6 is 0 Å². The summed E-state index contributed by atoms with van der Waals surface area (Å²) in [5, 5.41) is 0. The Bertz CT molecular complexity index is 433. The van der Waals surface area contributed by atoms with Crippen LogP contribution in [0.1, 0.15) is 50.6 Å². The molecule has 0 bridgehead atoms. The molecule has 1 aromatic carbocycles. The van der Waals surface area contributed by atoms with Gasteiger partial charge in [0.25, 0.3) is 0 Å². The molecule has 0 spiro atoms. The largest absolute Gasteiger partial charge is 0.497 e. The molecule has 0 aliphatic heterocycles. The number of hydrogen-bond donors (Lipinski definition) is 1. The first-order chi connectivity index (χ1) is 9.69. The van der Waals surface area contributed by atoms with Gasteiger partial charge in [0.2, 0.25) is 0 Å². The summed E-state index contributed by atoms with van der Waals surface area (Å²) in [6.45, 7) is 2.28. The maximum atomic E-state index is 6.55. The number of nitrogens with two attached hydrogens (primary N) is 1. The minimum atomic E-state index is 0.0365. The summed E-state index contributed by atoms with van der Waals surface area (Å²) >= 11 is 0. The second-order valence-electron chi connectivity index (χ2n) is 5.83. The van der Waals surface area contributed by atoms with E-state index in [4.69, 9.17) is 15.2 Å². The fourth-order valence-corrected chi connectivity index (χ4v) is 3.38. The third-order valence-electron chi connectivity index (χ3n) is 4.70. The average molecular weight is 277 g/mol. The summed E-state index contributed by atoms with van der Waals surface area (Å²) in [7, 11) is 3.39. The van der Waals surface area contributed by atoms with Crippen LogP contribution in [-0.2, 0) is 0 Å². The highest BCUT2D eigenvalue weighted by atomic mass is 16.5. The molecule has 20 heavy (non-hydrogen) atoms. The molecular formula is C17H27NO2. The molecule has 2 N–H and O–H groups in total. The van der Waals surface area contributed by atoms with Crippen molar-refractivity contribution in [2.75, 3.05) is 14.2 Å². The standard InChI is InChI=1S/C17H27NO2/c1-4-12-6-5-7-13(10-12)17(18)15-11-14(19-2)8-9-16(15)20-3/h8-9,11-13,17H,4-7,10,18H2,1-3H3. The Morgan fingerprint density at radius 3 is 2.70 bits per heavy atom. The molecule has 1 aliphatic rings. The first kappa shape index (κ1) is 15.2. The van der Waals surface area contributed by atoms with Crippen molar-refractivity contribution in [2.45, 2.75) is 45.1 Å². The van der Waals surface area contributed by atoms with Gasteiger partial charge in [-0.25, -0.2) is 0 Å². The van der Waals surface area contributed by atoms with Gasteiger partial charge in [0, 0.05) is 11.6 Å². The lowest BCUT2D eigenvalue weighted by molar-refractivity contribution is 0.227. The van der Waals surface area contributed by atoms with Gasteiger partial charge in [0.05, 0.1) is 14.2 Å². The van der Waals surface area contributed by atoms with E-state index in [2.05, 4.69) is 6.92 Å². The molecule has 0 heterocycles. The van der Waals surface area contributed by atoms with Gasteiger partial charge < -0.3 is 15.2 Å². The van der Waals surface area contributed by atoms with Crippen LogP contribution in [0.25, 0.3) is 0 Å². The minimum Gasteiger partial charge on any atom is -0.497 e. The van der Waals surface area contributed by atoms with Crippen LogP contribution in [0.15, 0.2) is 18.2 Å². The molecule has 3 atom stereocenters. The van der Waals surface area contributed by atoms with Crippen LogP contribution < -0.4 is 15.2 Å². The van der Waals surface area contributed by atoms with Crippen molar-refractivity contribution in [3.05, 3.63) is 23.8 Å². The van der Waals surface area contributed by atoms with Gasteiger partial charge in [-0.15, -0.1) is 0 Å². The highest BCUT2D eigenvalue weighted by Crippen LogP contribution is 2.40. The molecule has 3 unspecified atom stereocenters. The molecule has 0 saturated heterocycles. The van der Waals surface area contributed by atoms with Crippen molar-refractivity contribution in [1.82, 2.24) is 0 Å². The lowest BCUT2D eigenvalue weighted by Crippen LogP contribution is -2.27. The maximum absolute atomic E-state index is 6.55. The van der Waals surface area contributed by atoms with Gasteiger partial charge in [-0.05, 0) is 42.9 Å². The number of ether oxygens (including phenoxy) is 2. The van der Waals surface area contributed by atoms with Crippen LogP contribution in [0.3, 0.4) is 0 Å². The van der Waals surface area contributed by atoms with E-state index in [-0.39, 0.29) is 6.04 Å². The Balaban J connectivity index is 2.20. The average Bonchev–Trinajstić information content (AvgIpc) is 2.53. The summed E-state index contributed by atoms with van der Waals surface area (Å²) in [6, 6.07) is 5.94. The topological polar surface area (TPSA) is 44.5 Å². The van der Waals surface area contributed by atoms with Crippen LogP contribution in [0.4, 0.5) is 0 Å². The van der Waals surface area contributed by atoms with Crippen molar-refractivity contribution >= 4 is 0 Å². The lowest BCUT2D eigenvalue weighted by atomic mass is 9.75. The molecule has 1 aliphatic carbocycles. The van der Waals surface area contributed by atoms with E-state index in [9.17, 15) is 0 Å². The van der Waals surface area contributed by atoms with E-state index < -0.39 is 0 Å². The molecule has 112 valence electrons. The predicted molar refractivity (Wildman–Crippen MR) is 82.2 cm³/mol. The maximum Gasteiger partial charge on any atom is 0.123 e. The predicted octanol–water partition coefficient (Wildman–Crippen LogP) is 3.92. The Morgan fingerprint density at radius 1 is 1.25 bits per heavy atom. The highest BCUT2D eigenvalue weighted by Gasteiger charge is 2.28. The van der Waals surface area contributed by atoms with E-state index in [0.29, 0.717) is 5.92 Å². The van der Waals surface area contributed by atoms with Gasteiger partial charge in [-0.1, -0.05) is 26.2 Å². The highest BCUT2D eigenvalue weighted by molar-refractivity contribution is 5.42. The van der Waals surface area contributed by atoms with E-state index >= 15 is 0 Å². The Kier molecular flexibility index (Phi) is 5.30. The zero-order valence-electron chi connectivity index (χ0n) is 12.9.